The van der Waals surface area contributed by atoms with Gasteiger partial charge in [0.1, 0.15) is 5.69 Å². The molecule has 17 heavy (non-hydrogen) atoms. The van der Waals surface area contributed by atoms with E-state index in [-0.39, 0.29) is 17.3 Å². The highest BCUT2D eigenvalue weighted by Crippen LogP contribution is 2.03. The highest BCUT2D eigenvalue weighted by molar-refractivity contribution is 5.92. The van der Waals surface area contributed by atoms with Crippen molar-refractivity contribution >= 4 is 11.9 Å². The van der Waals surface area contributed by atoms with Crippen molar-refractivity contribution in [1.82, 2.24) is 14.9 Å². The number of aromatic nitrogens is 2. The van der Waals surface area contributed by atoms with Gasteiger partial charge in [-0.3, -0.25) is 4.79 Å². The number of hydrogen-bond donors (Lipinski definition) is 1. The summed E-state index contributed by atoms with van der Waals surface area (Å²) in [6, 6.07) is 0. The van der Waals surface area contributed by atoms with Gasteiger partial charge in [0.2, 0.25) is 0 Å². The van der Waals surface area contributed by atoms with Crippen molar-refractivity contribution in [3.8, 4) is 0 Å². The summed E-state index contributed by atoms with van der Waals surface area (Å²) in [6.45, 7) is 4.62. The molecule has 0 aliphatic heterocycles. The lowest BCUT2D eigenvalue weighted by molar-refractivity contribution is 0.0687. The van der Waals surface area contributed by atoms with Crippen LogP contribution in [0.4, 0.5) is 0 Å². The Bertz CT molecular complexity index is 414. The van der Waals surface area contributed by atoms with E-state index in [2.05, 4.69) is 9.97 Å². The Balaban J connectivity index is 2.79. The molecule has 0 saturated carbocycles. The second-order valence-corrected chi connectivity index (χ2v) is 4.17. The summed E-state index contributed by atoms with van der Waals surface area (Å²) in [5.74, 6) is -1.06. The second-order valence-electron chi connectivity index (χ2n) is 4.17. The molecular weight excluding hydrogens is 222 g/mol. The maximum atomic E-state index is 11.8. The Morgan fingerprint density at radius 2 is 1.82 bits per heavy atom. The molecule has 0 aliphatic carbocycles. The largest absolute Gasteiger partial charge is 0.476 e. The quantitative estimate of drug-likeness (QED) is 0.841. The van der Waals surface area contributed by atoms with E-state index in [1.54, 1.807) is 7.05 Å². The fourth-order valence-electron chi connectivity index (χ4n) is 1.38. The highest BCUT2D eigenvalue weighted by Gasteiger charge is 2.15. The molecule has 6 nitrogen and oxygen atoms in total. The summed E-state index contributed by atoms with van der Waals surface area (Å²) in [4.78, 5) is 31.4. The molecule has 1 aromatic heterocycles. The topological polar surface area (TPSA) is 83.4 Å². The van der Waals surface area contributed by atoms with Gasteiger partial charge in [-0.05, 0) is 5.92 Å². The van der Waals surface area contributed by atoms with E-state index in [1.165, 1.54) is 11.1 Å². The maximum Gasteiger partial charge on any atom is 0.356 e. The van der Waals surface area contributed by atoms with E-state index in [0.717, 1.165) is 6.20 Å². The third-order valence-corrected chi connectivity index (χ3v) is 2.08. The SMILES string of the molecule is CC(C)CN(C)C(=O)c1cnc(C(=O)O)cn1. The number of carboxylic acids is 1. The molecule has 0 spiro atoms. The first-order valence-corrected chi connectivity index (χ1v) is 5.22. The average molecular weight is 237 g/mol. The molecule has 1 N–H and O–H groups in total. The fraction of sp³-hybridized carbons (Fsp3) is 0.455. The van der Waals surface area contributed by atoms with E-state index in [1.807, 2.05) is 13.8 Å². The van der Waals surface area contributed by atoms with Crippen molar-refractivity contribution in [2.75, 3.05) is 13.6 Å². The molecule has 0 fully saturated rings. The molecule has 1 heterocycles. The van der Waals surface area contributed by atoms with E-state index >= 15 is 0 Å². The molecule has 0 aromatic carbocycles. The van der Waals surface area contributed by atoms with Gasteiger partial charge in [-0.15, -0.1) is 0 Å². The number of hydrogen-bond acceptors (Lipinski definition) is 4. The lowest BCUT2D eigenvalue weighted by Gasteiger charge is -2.18. The Hall–Kier alpha value is -1.98. The van der Waals surface area contributed by atoms with Crippen LogP contribution in [-0.4, -0.2) is 45.4 Å². The Kier molecular flexibility index (Phi) is 4.14. The summed E-state index contributed by atoms with van der Waals surface area (Å²) in [5.41, 5.74) is -0.0220. The van der Waals surface area contributed by atoms with Gasteiger partial charge < -0.3 is 10.0 Å². The summed E-state index contributed by atoms with van der Waals surface area (Å²) >= 11 is 0. The van der Waals surface area contributed by atoms with E-state index in [0.29, 0.717) is 12.5 Å². The number of carbonyl (C=O) groups is 2. The van der Waals surface area contributed by atoms with Crippen molar-refractivity contribution in [3.05, 3.63) is 23.8 Å². The van der Waals surface area contributed by atoms with Crippen molar-refractivity contribution in [2.45, 2.75) is 13.8 Å². The molecule has 0 saturated heterocycles. The Morgan fingerprint density at radius 3 is 2.24 bits per heavy atom. The molecule has 1 amide bonds. The van der Waals surface area contributed by atoms with Gasteiger partial charge in [0.05, 0.1) is 12.4 Å². The van der Waals surface area contributed by atoms with Crippen LogP contribution in [0, 0.1) is 5.92 Å². The van der Waals surface area contributed by atoms with Crippen LogP contribution in [0.2, 0.25) is 0 Å². The molecule has 0 bridgehead atoms. The molecule has 0 aliphatic rings. The van der Waals surface area contributed by atoms with Crippen LogP contribution in [0.25, 0.3) is 0 Å². The summed E-state index contributed by atoms with van der Waals surface area (Å²) in [7, 11) is 1.68. The van der Waals surface area contributed by atoms with Gasteiger partial charge in [0.25, 0.3) is 5.91 Å². The number of aromatic carboxylic acids is 1. The van der Waals surface area contributed by atoms with Crippen molar-refractivity contribution in [2.24, 2.45) is 5.92 Å². The number of amides is 1. The first-order valence-electron chi connectivity index (χ1n) is 5.22. The van der Waals surface area contributed by atoms with Crippen LogP contribution in [0.3, 0.4) is 0 Å². The molecule has 0 radical (unpaired) electrons. The monoisotopic (exact) mass is 237 g/mol. The Morgan fingerprint density at radius 1 is 1.29 bits per heavy atom. The minimum Gasteiger partial charge on any atom is -0.476 e. The van der Waals surface area contributed by atoms with Gasteiger partial charge in [0, 0.05) is 13.6 Å². The van der Waals surface area contributed by atoms with Crippen LogP contribution < -0.4 is 0 Å². The summed E-state index contributed by atoms with van der Waals surface area (Å²) < 4.78 is 0. The normalized spacial score (nSPS) is 10.4. The molecule has 0 atom stereocenters. The lowest BCUT2D eigenvalue weighted by atomic mass is 10.2. The van der Waals surface area contributed by atoms with Crippen molar-refractivity contribution in [1.29, 1.82) is 0 Å². The average Bonchev–Trinajstić information content (AvgIpc) is 2.27. The molecule has 0 unspecified atom stereocenters. The maximum absolute atomic E-state index is 11.8. The van der Waals surface area contributed by atoms with Crippen LogP contribution >= 0.6 is 0 Å². The lowest BCUT2D eigenvalue weighted by Crippen LogP contribution is -2.31. The van der Waals surface area contributed by atoms with Gasteiger partial charge in [-0.2, -0.15) is 0 Å². The molecular formula is C11H15N3O3. The zero-order chi connectivity index (χ0) is 13.0. The van der Waals surface area contributed by atoms with Crippen molar-refractivity contribution in [3.63, 3.8) is 0 Å². The van der Waals surface area contributed by atoms with E-state index in [9.17, 15) is 9.59 Å². The van der Waals surface area contributed by atoms with Crippen LogP contribution in [0.5, 0.6) is 0 Å². The van der Waals surface area contributed by atoms with Crippen molar-refractivity contribution < 1.29 is 14.7 Å². The minimum atomic E-state index is -1.16. The minimum absolute atomic E-state index is 0.151. The van der Waals surface area contributed by atoms with Gasteiger partial charge in [-0.25, -0.2) is 14.8 Å². The number of carbonyl (C=O) groups excluding carboxylic acids is 1. The zero-order valence-corrected chi connectivity index (χ0v) is 10.0. The standard InChI is InChI=1S/C11H15N3O3/c1-7(2)6-14(3)10(15)8-4-13-9(5-12-8)11(16)17/h4-5,7H,6H2,1-3H3,(H,16,17). The zero-order valence-electron chi connectivity index (χ0n) is 10.0. The van der Waals surface area contributed by atoms with Gasteiger partial charge in [-0.1, -0.05) is 13.8 Å². The predicted octanol–water partition coefficient (Wildman–Crippen LogP) is 0.903. The smallest absolute Gasteiger partial charge is 0.356 e. The number of nitrogens with zero attached hydrogens (tertiary/aromatic N) is 3. The van der Waals surface area contributed by atoms with Crippen LogP contribution in [0.1, 0.15) is 34.8 Å². The predicted molar refractivity (Wildman–Crippen MR) is 60.8 cm³/mol. The molecule has 1 aromatic rings. The highest BCUT2D eigenvalue weighted by atomic mass is 16.4. The van der Waals surface area contributed by atoms with Crippen LogP contribution in [-0.2, 0) is 0 Å². The summed E-state index contributed by atoms with van der Waals surface area (Å²) in [6.07, 6.45) is 2.27. The third kappa shape index (κ3) is 3.51. The van der Waals surface area contributed by atoms with Gasteiger partial charge in [0.15, 0.2) is 5.69 Å². The van der Waals surface area contributed by atoms with Gasteiger partial charge >= 0.3 is 5.97 Å². The van der Waals surface area contributed by atoms with E-state index in [4.69, 9.17) is 5.11 Å². The number of rotatable bonds is 4. The third-order valence-electron chi connectivity index (χ3n) is 2.08. The first kappa shape index (κ1) is 13.1. The first-order chi connectivity index (χ1) is 7.91. The number of carboxylic acid groups (broad SMARTS) is 1. The van der Waals surface area contributed by atoms with E-state index < -0.39 is 5.97 Å². The molecule has 1 rings (SSSR count). The van der Waals surface area contributed by atoms with Crippen LogP contribution in [0.15, 0.2) is 12.4 Å². The molecule has 6 heteroatoms. The molecule has 92 valence electrons. The second kappa shape index (κ2) is 5.38. The fourth-order valence-corrected chi connectivity index (χ4v) is 1.38. The summed E-state index contributed by atoms with van der Waals surface area (Å²) in [5, 5.41) is 8.64. The Labute approximate surface area is 99.3 Å².